The second kappa shape index (κ2) is 7.88. The van der Waals surface area contributed by atoms with Crippen LogP contribution >= 0.6 is 11.8 Å². The monoisotopic (exact) mass is 303 g/mol. The number of nitrogens with zero attached hydrogens (tertiary/aromatic N) is 2. The Hall–Kier alpha value is -1.75. The van der Waals surface area contributed by atoms with Crippen molar-refractivity contribution in [2.24, 2.45) is 0 Å². The Morgan fingerprint density at radius 2 is 2.10 bits per heavy atom. The Morgan fingerprint density at radius 3 is 2.71 bits per heavy atom. The van der Waals surface area contributed by atoms with Crippen LogP contribution in [0.3, 0.4) is 0 Å². The van der Waals surface area contributed by atoms with E-state index in [0.29, 0.717) is 12.3 Å². The molecule has 0 aliphatic carbocycles. The molecule has 1 amide bonds. The number of aromatic nitrogens is 2. The SMILES string of the molecule is CCCSCC(=O)NCc1ccc(-n2ccnc2C)cc1. The number of amides is 1. The first-order valence-electron chi connectivity index (χ1n) is 7.14. The van der Waals surface area contributed by atoms with E-state index in [9.17, 15) is 4.79 Å². The molecule has 0 spiro atoms. The minimum Gasteiger partial charge on any atom is -0.351 e. The van der Waals surface area contributed by atoms with Crippen molar-refractivity contribution in [3.63, 3.8) is 0 Å². The molecule has 1 heterocycles. The second-order valence-corrected chi connectivity index (χ2v) is 5.95. The second-order valence-electron chi connectivity index (χ2n) is 4.84. The summed E-state index contributed by atoms with van der Waals surface area (Å²) in [6.45, 7) is 4.67. The van der Waals surface area contributed by atoms with Gasteiger partial charge < -0.3 is 9.88 Å². The van der Waals surface area contributed by atoms with Gasteiger partial charge in [0.25, 0.3) is 0 Å². The minimum absolute atomic E-state index is 0.1000. The molecule has 112 valence electrons. The van der Waals surface area contributed by atoms with Crippen LogP contribution in [0.25, 0.3) is 5.69 Å². The lowest BCUT2D eigenvalue weighted by Gasteiger charge is -2.08. The van der Waals surface area contributed by atoms with Gasteiger partial charge in [-0.15, -0.1) is 0 Å². The molecule has 0 aliphatic rings. The summed E-state index contributed by atoms with van der Waals surface area (Å²) in [5.41, 5.74) is 2.18. The van der Waals surface area contributed by atoms with Gasteiger partial charge in [0.05, 0.1) is 5.75 Å². The average Bonchev–Trinajstić information content (AvgIpc) is 2.92. The summed E-state index contributed by atoms with van der Waals surface area (Å²) in [6, 6.07) is 8.16. The molecule has 1 N–H and O–H groups in total. The third-order valence-electron chi connectivity index (χ3n) is 3.11. The topological polar surface area (TPSA) is 46.9 Å². The van der Waals surface area contributed by atoms with Gasteiger partial charge in [-0.1, -0.05) is 19.1 Å². The smallest absolute Gasteiger partial charge is 0.230 e. The molecule has 0 bridgehead atoms. The standard InChI is InChI=1S/C16H21N3OS/c1-3-10-21-12-16(20)18-11-14-4-6-15(7-5-14)19-9-8-17-13(19)2/h4-9H,3,10-12H2,1-2H3,(H,18,20). The summed E-state index contributed by atoms with van der Waals surface area (Å²) in [5, 5.41) is 2.94. The lowest BCUT2D eigenvalue weighted by molar-refractivity contribution is -0.118. The molecule has 2 aromatic rings. The number of benzene rings is 1. The van der Waals surface area contributed by atoms with Crippen LogP contribution in [0.1, 0.15) is 24.7 Å². The average molecular weight is 303 g/mol. The van der Waals surface area contributed by atoms with E-state index in [1.807, 2.05) is 42.0 Å². The lowest BCUT2D eigenvalue weighted by Crippen LogP contribution is -2.24. The molecule has 21 heavy (non-hydrogen) atoms. The zero-order valence-electron chi connectivity index (χ0n) is 12.5. The molecular weight excluding hydrogens is 282 g/mol. The molecule has 2 rings (SSSR count). The maximum absolute atomic E-state index is 11.6. The van der Waals surface area contributed by atoms with Crippen molar-refractivity contribution in [3.05, 3.63) is 48.0 Å². The minimum atomic E-state index is 0.1000. The van der Waals surface area contributed by atoms with Crippen molar-refractivity contribution < 1.29 is 4.79 Å². The van der Waals surface area contributed by atoms with E-state index in [0.717, 1.165) is 29.2 Å². The van der Waals surface area contributed by atoms with Gasteiger partial charge in [0.1, 0.15) is 5.82 Å². The van der Waals surface area contributed by atoms with Crippen LogP contribution in [0.15, 0.2) is 36.7 Å². The Bertz CT molecular complexity index is 577. The van der Waals surface area contributed by atoms with Crippen molar-refractivity contribution in [2.75, 3.05) is 11.5 Å². The fourth-order valence-electron chi connectivity index (χ4n) is 1.99. The van der Waals surface area contributed by atoms with Crippen molar-refractivity contribution in [2.45, 2.75) is 26.8 Å². The van der Waals surface area contributed by atoms with E-state index >= 15 is 0 Å². The highest BCUT2D eigenvalue weighted by Crippen LogP contribution is 2.11. The van der Waals surface area contributed by atoms with Gasteiger partial charge in [-0.25, -0.2) is 4.98 Å². The highest BCUT2D eigenvalue weighted by atomic mass is 32.2. The predicted octanol–water partition coefficient (Wildman–Crippen LogP) is 2.94. The molecule has 5 heteroatoms. The number of carbonyl (C=O) groups excluding carboxylic acids is 1. The maximum Gasteiger partial charge on any atom is 0.230 e. The summed E-state index contributed by atoms with van der Waals surface area (Å²) in [7, 11) is 0. The number of hydrogen-bond acceptors (Lipinski definition) is 3. The van der Waals surface area contributed by atoms with Gasteiger partial charge in [-0.05, 0) is 36.8 Å². The summed E-state index contributed by atoms with van der Waals surface area (Å²) < 4.78 is 2.03. The highest BCUT2D eigenvalue weighted by Gasteiger charge is 2.03. The first-order chi connectivity index (χ1) is 10.2. The lowest BCUT2D eigenvalue weighted by atomic mass is 10.2. The van der Waals surface area contributed by atoms with E-state index in [4.69, 9.17) is 0 Å². The largest absolute Gasteiger partial charge is 0.351 e. The van der Waals surface area contributed by atoms with E-state index in [1.165, 1.54) is 0 Å². The zero-order valence-corrected chi connectivity index (χ0v) is 13.3. The van der Waals surface area contributed by atoms with Crippen LogP contribution in [0.5, 0.6) is 0 Å². The summed E-state index contributed by atoms with van der Waals surface area (Å²) >= 11 is 1.68. The zero-order chi connectivity index (χ0) is 15.1. The van der Waals surface area contributed by atoms with E-state index < -0.39 is 0 Å². The summed E-state index contributed by atoms with van der Waals surface area (Å²) in [5.74, 6) is 2.64. The molecule has 0 saturated carbocycles. The number of thioether (sulfide) groups is 1. The summed E-state index contributed by atoms with van der Waals surface area (Å²) in [6.07, 6.45) is 4.83. The molecule has 0 fully saturated rings. The van der Waals surface area contributed by atoms with E-state index in [-0.39, 0.29) is 5.91 Å². The fourth-order valence-corrected chi connectivity index (χ4v) is 2.71. The van der Waals surface area contributed by atoms with Crippen LogP contribution in [-0.4, -0.2) is 27.0 Å². The van der Waals surface area contributed by atoms with Crippen LogP contribution in [-0.2, 0) is 11.3 Å². The molecule has 0 atom stereocenters. The quantitative estimate of drug-likeness (QED) is 0.800. The highest BCUT2D eigenvalue weighted by molar-refractivity contribution is 7.99. The van der Waals surface area contributed by atoms with Gasteiger partial charge in [-0.3, -0.25) is 4.79 Å². The van der Waals surface area contributed by atoms with Crippen molar-refractivity contribution in [3.8, 4) is 5.69 Å². The van der Waals surface area contributed by atoms with Crippen molar-refractivity contribution in [1.29, 1.82) is 0 Å². The van der Waals surface area contributed by atoms with Crippen LogP contribution in [0.4, 0.5) is 0 Å². The molecule has 0 saturated heterocycles. The number of rotatable bonds is 7. The van der Waals surface area contributed by atoms with Gasteiger partial charge in [0.2, 0.25) is 5.91 Å². The Labute approximate surface area is 130 Å². The Kier molecular flexibility index (Phi) is 5.87. The number of nitrogens with one attached hydrogen (secondary N) is 1. The predicted molar refractivity (Wildman–Crippen MR) is 87.8 cm³/mol. The van der Waals surface area contributed by atoms with E-state index in [1.54, 1.807) is 18.0 Å². The molecule has 1 aromatic carbocycles. The molecule has 0 aliphatic heterocycles. The van der Waals surface area contributed by atoms with Crippen molar-refractivity contribution in [1.82, 2.24) is 14.9 Å². The first kappa shape index (κ1) is 15.6. The number of imidazole rings is 1. The molecule has 0 unspecified atom stereocenters. The first-order valence-corrected chi connectivity index (χ1v) is 8.30. The normalized spacial score (nSPS) is 10.6. The third kappa shape index (κ3) is 4.63. The molecule has 0 radical (unpaired) electrons. The summed E-state index contributed by atoms with van der Waals surface area (Å²) in [4.78, 5) is 15.9. The number of aryl methyl sites for hydroxylation is 1. The van der Waals surface area contributed by atoms with Gasteiger partial charge in [0, 0.05) is 24.6 Å². The van der Waals surface area contributed by atoms with Crippen LogP contribution < -0.4 is 5.32 Å². The molecule has 4 nitrogen and oxygen atoms in total. The molecule has 1 aromatic heterocycles. The van der Waals surface area contributed by atoms with Gasteiger partial charge in [-0.2, -0.15) is 11.8 Å². The number of carbonyl (C=O) groups is 1. The van der Waals surface area contributed by atoms with Crippen LogP contribution in [0, 0.1) is 6.92 Å². The van der Waals surface area contributed by atoms with Crippen molar-refractivity contribution >= 4 is 17.7 Å². The van der Waals surface area contributed by atoms with E-state index in [2.05, 4.69) is 17.2 Å². The van der Waals surface area contributed by atoms with Gasteiger partial charge in [0.15, 0.2) is 0 Å². The Balaban J connectivity index is 1.85. The Morgan fingerprint density at radius 1 is 1.33 bits per heavy atom. The number of hydrogen-bond donors (Lipinski definition) is 1. The fraction of sp³-hybridized carbons (Fsp3) is 0.375. The third-order valence-corrected chi connectivity index (χ3v) is 4.27. The van der Waals surface area contributed by atoms with Crippen LogP contribution in [0.2, 0.25) is 0 Å². The van der Waals surface area contributed by atoms with Gasteiger partial charge >= 0.3 is 0 Å². The maximum atomic E-state index is 11.6. The molecular formula is C16H21N3OS.